The average Bonchev–Trinajstić information content (AvgIpc) is 3.13. The number of benzene rings is 1. The van der Waals surface area contributed by atoms with Crippen molar-refractivity contribution in [2.24, 2.45) is 5.92 Å². The molecule has 23 heavy (non-hydrogen) atoms. The van der Waals surface area contributed by atoms with E-state index in [1.165, 1.54) is 5.69 Å². The molecule has 5 heteroatoms. The molecule has 1 atom stereocenters. The van der Waals surface area contributed by atoms with E-state index in [4.69, 9.17) is 4.74 Å². The van der Waals surface area contributed by atoms with Gasteiger partial charge in [0, 0.05) is 63.9 Å². The van der Waals surface area contributed by atoms with Gasteiger partial charge in [-0.3, -0.25) is 9.69 Å². The number of hydrogen-bond acceptors (Lipinski definition) is 4. The number of nitrogens with zero attached hydrogens (tertiary/aromatic N) is 2. The first-order valence-corrected chi connectivity index (χ1v) is 8.68. The highest BCUT2D eigenvalue weighted by molar-refractivity contribution is 5.76. The molecule has 0 radical (unpaired) electrons. The third-order valence-corrected chi connectivity index (χ3v) is 4.76. The molecule has 1 aromatic rings. The summed E-state index contributed by atoms with van der Waals surface area (Å²) in [5, 5.41) is 3.04. The van der Waals surface area contributed by atoms with Gasteiger partial charge in [-0.25, -0.2) is 0 Å². The van der Waals surface area contributed by atoms with E-state index in [-0.39, 0.29) is 5.91 Å². The summed E-state index contributed by atoms with van der Waals surface area (Å²) in [5.74, 6) is 0.677. The number of nitrogens with one attached hydrogen (secondary N) is 1. The van der Waals surface area contributed by atoms with Gasteiger partial charge in [0.1, 0.15) is 0 Å². The van der Waals surface area contributed by atoms with Crippen LogP contribution < -0.4 is 10.2 Å². The van der Waals surface area contributed by atoms with Gasteiger partial charge < -0.3 is 15.0 Å². The normalized spacial score (nSPS) is 22.3. The lowest BCUT2D eigenvalue weighted by molar-refractivity contribution is -0.121. The van der Waals surface area contributed by atoms with E-state index < -0.39 is 0 Å². The minimum atomic E-state index is 0.169. The zero-order chi connectivity index (χ0) is 15.9. The number of carbonyl (C=O) groups excluding carboxylic acids is 1. The fraction of sp³-hybridized carbons (Fsp3) is 0.611. The number of anilines is 1. The fourth-order valence-corrected chi connectivity index (χ4v) is 3.22. The smallest absolute Gasteiger partial charge is 0.221 e. The number of rotatable bonds is 6. The van der Waals surface area contributed by atoms with Crippen LogP contribution in [0.4, 0.5) is 5.69 Å². The molecule has 2 saturated heterocycles. The van der Waals surface area contributed by atoms with Crippen molar-refractivity contribution in [1.82, 2.24) is 10.2 Å². The molecule has 1 amide bonds. The van der Waals surface area contributed by atoms with Crippen LogP contribution >= 0.6 is 0 Å². The third kappa shape index (κ3) is 4.94. The van der Waals surface area contributed by atoms with E-state index >= 15 is 0 Å². The molecule has 2 fully saturated rings. The summed E-state index contributed by atoms with van der Waals surface area (Å²) in [6.07, 6.45) is 1.67. The summed E-state index contributed by atoms with van der Waals surface area (Å²) in [6, 6.07) is 10.5. The molecule has 0 unspecified atom stereocenters. The van der Waals surface area contributed by atoms with Crippen molar-refractivity contribution in [1.29, 1.82) is 0 Å². The van der Waals surface area contributed by atoms with E-state index in [1.807, 2.05) is 0 Å². The van der Waals surface area contributed by atoms with Gasteiger partial charge in [-0.05, 0) is 18.6 Å². The predicted molar refractivity (Wildman–Crippen MR) is 91.6 cm³/mol. The lowest BCUT2D eigenvalue weighted by atomic mass is 10.1. The SMILES string of the molecule is O=C(CCN1CCN(c2ccccc2)CC1)NC[C@H]1CCOC1. The number of carbonyl (C=O) groups is 1. The maximum absolute atomic E-state index is 11.9. The Balaban J connectivity index is 1.32. The van der Waals surface area contributed by atoms with E-state index in [1.54, 1.807) is 0 Å². The van der Waals surface area contributed by atoms with Crippen molar-refractivity contribution in [2.45, 2.75) is 12.8 Å². The maximum Gasteiger partial charge on any atom is 0.221 e. The molecule has 3 rings (SSSR count). The third-order valence-electron chi connectivity index (χ3n) is 4.76. The summed E-state index contributed by atoms with van der Waals surface area (Å²) in [6.45, 7) is 7.37. The van der Waals surface area contributed by atoms with Crippen LogP contribution in [0.25, 0.3) is 0 Å². The molecule has 2 heterocycles. The second-order valence-corrected chi connectivity index (χ2v) is 6.45. The second kappa shape index (κ2) is 8.31. The number of amides is 1. The fourth-order valence-electron chi connectivity index (χ4n) is 3.22. The van der Waals surface area contributed by atoms with Crippen LogP contribution in [0.15, 0.2) is 30.3 Å². The van der Waals surface area contributed by atoms with Gasteiger partial charge >= 0.3 is 0 Å². The lowest BCUT2D eigenvalue weighted by Gasteiger charge is -2.36. The molecule has 0 aliphatic carbocycles. The topological polar surface area (TPSA) is 44.8 Å². The first-order valence-electron chi connectivity index (χ1n) is 8.68. The quantitative estimate of drug-likeness (QED) is 0.860. The van der Waals surface area contributed by atoms with Gasteiger partial charge in [0.15, 0.2) is 0 Å². The molecule has 1 aromatic carbocycles. The Labute approximate surface area is 138 Å². The maximum atomic E-state index is 11.9. The highest BCUT2D eigenvalue weighted by Crippen LogP contribution is 2.15. The number of piperazine rings is 1. The molecule has 126 valence electrons. The van der Waals surface area contributed by atoms with Gasteiger partial charge in [0.2, 0.25) is 5.91 Å². The molecule has 0 spiro atoms. The zero-order valence-corrected chi connectivity index (χ0v) is 13.7. The molecular weight excluding hydrogens is 290 g/mol. The first-order chi connectivity index (χ1) is 11.3. The summed E-state index contributed by atoms with van der Waals surface area (Å²) in [4.78, 5) is 16.7. The average molecular weight is 317 g/mol. The van der Waals surface area contributed by atoms with Gasteiger partial charge in [-0.1, -0.05) is 18.2 Å². The Hall–Kier alpha value is -1.59. The minimum Gasteiger partial charge on any atom is -0.381 e. The molecule has 0 saturated carbocycles. The lowest BCUT2D eigenvalue weighted by Crippen LogP contribution is -2.47. The number of ether oxygens (including phenoxy) is 1. The van der Waals surface area contributed by atoms with Crippen molar-refractivity contribution in [3.05, 3.63) is 30.3 Å². The van der Waals surface area contributed by atoms with Crippen molar-refractivity contribution < 1.29 is 9.53 Å². The molecule has 5 nitrogen and oxygen atoms in total. The van der Waals surface area contributed by atoms with Crippen LogP contribution in [0.5, 0.6) is 0 Å². The van der Waals surface area contributed by atoms with E-state index in [9.17, 15) is 4.79 Å². The van der Waals surface area contributed by atoms with Crippen LogP contribution in [0.3, 0.4) is 0 Å². The largest absolute Gasteiger partial charge is 0.381 e. The van der Waals surface area contributed by atoms with Crippen LogP contribution in [-0.4, -0.2) is 63.3 Å². The Bertz CT molecular complexity index is 480. The summed E-state index contributed by atoms with van der Waals surface area (Å²) in [7, 11) is 0. The van der Waals surface area contributed by atoms with E-state index in [0.29, 0.717) is 12.3 Å². The summed E-state index contributed by atoms with van der Waals surface area (Å²) in [5.41, 5.74) is 1.30. The minimum absolute atomic E-state index is 0.169. The molecule has 2 aliphatic heterocycles. The highest BCUT2D eigenvalue weighted by Gasteiger charge is 2.19. The zero-order valence-electron chi connectivity index (χ0n) is 13.7. The highest BCUT2D eigenvalue weighted by atomic mass is 16.5. The van der Waals surface area contributed by atoms with Gasteiger partial charge in [-0.15, -0.1) is 0 Å². The van der Waals surface area contributed by atoms with Crippen LogP contribution in [0, 0.1) is 5.92 Å². The van der Waals surface area contributed by atoms with Crippen molar-refractivity contribution in [2.75, 3.05) is 57.4 Å². The Morgan fingerprint density at radius 2 is 1.96 bits per heavy atom. The van der Waals surface area contributed by atoms with Crippen LogP contribution in [-0.2, 0) is 9.53 Å². The monoisotopic (exact) mass is 317 g/mol. The summed E-state index contributed by atoms with van der Waals surface area (Å²) < 4.78 is 5.33. The van der Waals surface area contributed by atoms with Gasteiger partial charge in [-0.2, -0.15) is 0 Å². The van der Waals surface area contributed by atoms with Crippen molar-refractivity contribution >= 4 is 11.6 Å². The number of para-hydroxylation sites is 1. The molecule has 1 N–H and O–H groups in total. The predicted octanol–water partition coefficient (Wildman–Crippen LogP) is 1.35. The molecule has 0 bridgehead atoms. The van der Waals surface area contributed by atoms with Crippen molar-refractivity contribution in [3.63, 3.8) is 0 Å². The first kappa shape index (κ1) is 16.3. The van der Waals surface area contributed by atoms with Crippen LogP contribution in [0.1, 0.15) is 12.8 Å². The molecular formula is C18H27N3O2. The molecule has 2 aliphatic rings. The Morgan fingerprint density at radius 3 is 2.65 bits per heavy atom. The second-order valence-electron chi connectivity index (χ2n) is 6.45. The van der Waals surface area contributed by atoms with Crippen molar-refractivity contribution in [3.8, 4) is 0 Å². The van der Waals surface area contributed by atoms with Crippen LogP contribution in [0.2, 0.25) is 0 Å². The molecule has 0 aromatic heterocycles. The number of hydrogen-bond donors (Lipinski definition) is 1. The Kier molecular flexibility index (Phi) is 5.88. The van der Waals surface area contributed by atoms with E-state index in [0.717, 1.165) is 58.9 Å². The van der Waals surface area contributed by atoms with Gasteiger partial charge in [0.25, 0.3) is 0 Å². The standard InChI is InChI=1S/C18H27N3O2/c22-18(19-14-16-7-13-23-15-16)6-8-20-9-11-21(12-10-20)17-4-2-1-3-5-17/h1-5,16H,6-15H2,(H,19,22)/t16-/m1/s1. The Morgan fingerprint density at radius 1 is 1.17 bits per heavy atom. The van der Waals surface area contributed by atoms with Gasteiger partial charge in [0.05, 0.1) is 6.61 Å². The summed E-state index contributed by atoms with van der Waals surface area (Å²) >= 11 is 0. The van der Waals surface area contributed by atoms with E-state index in [2.05, 4.69) is 45.4 Å².